The zero-order valence-electron chi connectivity index (χ0n) is 11.2. The predicted octanol–water partition coefficient (Wildman–Crippen LogP) is -0.413. The zero-order valence-corrected chi connectivity index (χ0v) is 11.2. The average molecular weight is 344 g/mol. The summed E-state index contributed by atoms with van der Waals surface area (Å²) in [6.07, 6.45) is 0. The van der Waals surface area contributed by atoms with E-state index in [4.69, 9.17) is 40.9 Å². The minimum Gasteiger partial charge on any atom is -0.501 e. The molecular weight excluding hydrogens is 336 g/mol. The number of Topliss-reactive ketones (excluding diaryl/α,β-unsaturated/α-hetero) is 4. The van der Waals surface area contributed by atoms with Crippen LogP contribution in [0.25, 0.3) is 0 Å². The van der Waals surface area contributed by atoms with Crippen LogP contribution in [-0.4, -0.2) is 64.0 Å². The Hall–Kier alpha value is -3.96. The van der Waals surface area contributed by atoms with Crippen molar-refractivity contribution >= 4 is 23.1 Å². The van der Waals surface area contributed by atoms with Crippen LogP contribution in [0.2, 0.25) is 0 Å². The first-order chi connectivity index (χ1) is 10.9. The number of aliphatic hydroxyl groups is 8. The fraction of sp³-hybridized carbons (Fsp3) is 0. The molecule has 2 rings (SSSR count). The molecule has 0 aromatic heterocycles. The van der Waals surface area contributed by atoms with Crippen molar-refractivity contribution in [3.05, 3.63) is 46.1 Å². The number of carbonyl (C=O) groups excluding carboxylic acids is 4. The third-order valence-electron chi connectivity index (χ3n) is 2.62. The molecule has 0 heterocycles. The molecule has 12 nitrogen and oxygen atoms in total. The molecule has 0 radical (unpaired) electrons. The molecule has 0 aromatic rings. The minimum atomic E-state index is -1.38. The van der Waals surface area contributed by atoms with Crippen molar-refractivity contribution in [1.29, 1.82) is 0 Å². The van der Waals surface area contributed by atoms with Gasteiger partial charge in [0.1, 0.15) is 0 Å². The highest BCUT2D eigenvalue weighted by Gasteiger charge is 2.35. The maximum atomic E-state index is 10.6. The Labute approximate surface area is 130 Å². The third kappa shape index (κ3) is 2.70. The number of aliphatic hydroxyl groups excluding tert-OH is 8. The molecule has 0 saturated carbocycles. The van der Waals surface area contributed by atoms with Crippen LogP contribution in [0, 0.1) is 0 Å². The molecular formula is C12H8O12. The van der Waals surface area contributed by atoms with Crippen LogP contribution in [0.1, 0.15) is 0 Å². The molecule has 0 atom stereocenters. The Morgan fingerprint density at radius 2 is 0.375 bits per heavy atom. The molecule has 0 bridgehead atoms. The molecule has 0 saturated heterocycles. The molecule has 0 aromatic carbocycles. The third-order valence-corrected chi connectivity index (χ3v) is 2.62. The molecule has 0 spiro atoms. The highest BCUT2D eigenvalue weighted by atomic mass is 16.4. The van der Waals surface area contributed by atoms with E-state index in [9.17, 15) is 19.2 Å². The summed E-state index contributed by atoms with van der Waals surface area (Å²) in [5, 5.41) is 69.3. The minimum absolute atomic E-state index is 1.27. The van der Waals surface area contributed by atoms with E-state index in [-0.39, 0.29) is 0 Å². The maximum absolute atomic E-state index is 10.6. The normalized spacial score (nSPS) is 19.0. The second kappa shape index (κ2) is 6.04. The van der Waals surface area contributed by atoms with E-state index < -0.39 is 69.2 Å². The topological polar surface area (TPSA) is 230 Å². The fourth-order valence-electron chi connectivity index (χ4n) is 1.31. The summed E-state index contributed by atoms with van der Waals surface area (Å²) >= 11 is 0. The van der Waals surface area contributed by atoms with E-state index in [0.717, 1.165) is 0 Å². The van der Waals surface area contributed by atoms with Crippen molar-refractivity contribution in [2.24, 2.45) is 0 Å². The average Bonchev–Trinajstić information content (AvgIpc) is 2.58. The summed E-state index contributed by atoms with van der Waals surface area (Å²) < 4.78 is 0. The molecule has 2 aliphatic carbocycles. The van der Waals surface area contributed by atoms with Gasteiger partial charge in [0.2, 0.25) is 46.1 Å². The number of hydrogen-bond acceptors (Lipinski definition) is 12. The summed E-state index contributed by atoms with van der Waals surface area (Å²) in [4.78, 5) is 42.4. The SMILES string of the molecule is O=C1C(O)=C(O)C(=O)C(O)=C1O.O=C1C(O)=C(O)C(=O)C(O)=C1O. The lowest BCUT2D eigenvalue weighted by atomic mass is 10.1. The first-order valence-electron chi connectivity index (χ1n) is 5.61. The van der Waals surface area contributed by atoms with E-state index in [1.54, 1.807) is 0 Å². The van der Waals surface area contributed by atoms with Crippen LogP contribution in [-0.2, 0) is 19.2 Å². The summed E-state index contributed by atoms with van der Waals surface area (Å²) in [7, 11) is 0. The number of ketones is 4. The second-order valence-corrected chi connectivity index (χ2v) is 4.11. The standard InChI is InChI=1S/2C6H4O6/c2*7-1-2(8)4(10)6(12)5(11)3(1)9/h2*7-8,11-12H. The van der Waals surface area contributed by atoms with E-state index in [2.05, 4.69) is 0 Å². The molecule has 2 aliphatic rings. The Bertz CT molecular complexity index is 612. The fourth-order valence-corrected chi connectivity index (χ4v) is 1.31. The Balaban J connectivity index is 0.000000240. The van der Waals surface area contributed by atoms with Crippen molar-refractivity contribution in [3.8, 4) is 0 Å². The van der Waals surface area contributed by atoms with Crippen molar-refractivity contribution in [2.75, 3.05) is 0 Å². The quantitative estimate of drug-likeness (QED) is 0.262. The second-order valence-electron chi connectivity index (χ2n) is 4.11. The van der Waals surface area contributed by atoms with E-state index in [1.807, 2.05) is 0 Å². The van der Waals surface area contributed by atoms with Gasteiger partial charge in [0.05, 0.1) is 0 Å². The molecule has 0 fully saturated rings. The summed E-state index contributed by atoms with van der Waals surface area (Å²) in [5.41, 5.74) is 0. The molecule has 8 N–H and O–H groups in total. The van der Waals surface area contributed by atoms with Gasteiger partial charge < -0.3 is 40.9 Å². The molecule has 128 valence electrons. The lowest BCUT2D eigenvalue weighted by Crippen LogP contribution is -2.23. The van der Waals surface area contributed by atoms with Gasteiger partial charge in [-0.1, -0.05) is 0 Å². The lowest BCUT2D eigenvalue weighted by Gasteiger charge is -2.08. The van der Waals surface area contributed by atoms with E-state index in [0.29, 0.717) is 0 Å². The largest absolute Gasteiger partial charge is 0.501 e. The van der Waals surface area contributed by atoms with Gasteiger partial charge in [-0.3, -0.25) is 19.2 Å². The highest BCUT2D eigenvalue weighted by molar-refractivity contribution is 6.21. The van der Waals surface area contributed by atoms with Crippen LogP contribution in [0.3, 0.4) is 0 Å². The zero-order chi connectivity index (χ0) is 18.9. The maximum Gasteiger partial charge on any atom is 0.269 e. The van der Waals surface area contributed by atoms with E-state index in [1.165, 1.54) is 0 Å². The lowest BCUT2D eigenvalue weighted by molar-refractivity contribution is -0.124. The number of hydrogen-bond donors (Lipinski definition) is 8. The monoisotopic (exact) mass is 344 g/mol. The molecule has 0 amide bonds. The first kappa shape index (κ1) is 18.1. The smallest absolute Gasteiger partial charge is 0.269 e. The van der Waals surface area contributed by atoms with Gasteiger partial charge in [-0.2, -0.15) is 0 Å². The highest BCUT2D eigenvalue weighted by Crippen LogP contribution is 2.18. The van der Waals surface area contributed by atoms with Gasteiger partial charge in [0, 0.05) is 0 Å². The molecule has 12 heteroatoms. The van der Waals surface area contributed by atoms with Gasteiger partial charge >= 0.3 is 0 Å². The number of carbonyl (C=O) groups is 4. The Morgan fingerprint density at radius 3 is 0.458 bits per heavy atom. The molecule has 0 unspecified atom stereocenters. The van der Waals surface area contributed by atoms with E-state index >= 15 is 0 Å². The van der Waals surface area contributed by atoms with Crippen molar-refractivity contribution in [2.45, 2.75) is 0 Å². The molecule has 24 heavy (non-hydrogen) atoms. The van der Waals surface area contributed by atoms with Crippen molar-refractivity contribution < 1.29 is 60.0 Å². The summed E-state index contributed by atoms with van der Waals surface area (Å²) in [6, 6.07) is 0. The number of rotatable bonds is 0. The Kier molecular flexibility index (Phi) is 4.55. The molecule has 0 aliphatic heterocycles. The van der Waals surface area contributed by atoms with Crippen molar-refractivity contribution in [3.63, 3.8) is 0 Å². The van der Waals surface area contributed by atoms with Crippen LogP contribution < -0.4 is 0 Å². The van der Waals surface area contributed by atoms with Crippen molar-refractivity contribution in [1.82, 2.24) is 0 Å². The van der Waals surface area contributed by atoms with Gasteiger partial charge in [0.25, 0.3) is 23.1 Å². The van der Waals surface area contributed by atoms with Gasteiger partial charge in [-0.05, 0) is 0 Å². The van der Waals surface area contributed by atoms with Gasteiger partial charge in [0.15, 0.2) is 0 Å². The predicted molar refractivity (Wildman–Crippen MR) is 69.2 cm³/mol. The van der Waals surface area contributed by atoms with Crippen LogP contribution in [0.4, 0.5) is 0 Å². The van der Waals surface area contributed by atoms with Crippen LogP contribution in [0.5, 0.6) is 0 Å². The van der Waals surface area contributed by atoms with Crippen LogP contribution >= 0.6 is 0 Å². The van der Waals surface area contributed by atoms with Crippen LogP contribution in [0.15, 0.2) is 46.1 Å². The Morgan fingerprint density at radius 1 is 0.292 bits per heavy atom. The first-order valence-corrected chi connectivity index (χ1v) is 5.61. The van der Waals surface area contributed by atoms with Gasteiger partial charge in [-0.15, -0.1) is 0 Å². The summed E-state index contributed by atoms with van der Waals surface area (Å²) in [5.74, 6) is -15.7. The summed E-state index contributed by atoms with van der Waals surface area (Å²) in [6.45, 7) is 0. The van der Waals surface area contributed by atoms with Gasteiger partial charge in [-0.25, -0.2) is 0 Å².